The minimum absolute atomic E-state index is 0.305. The van der Waals surface area contributed by atoms with Gasteiger partial charge >= 0.3 is 0 Å². The van der Waals surface area contributed by atoms with E-state index in [1.54, 1.807) is 25.3 Å². The van der Waals surface area contributed by atoms with Crippen LogP contribution in [0.4, 0.5) is 0 Å². The molecule has 1 aromatic rings. The molecule has 0 aliphatic carbocycles. The summed E-state index contributed by atoms with van der Waals surface area (Å²) in [6.45, 7) is 2.13. The maximum atomic E-state index is 9.89. The predicted octanol–water partition coefficient (Wildman–Crippen LogP) is 1.98. The van der Waals surface area contributed by atoms with Gasteiger partial charge in [-0.25, -0.2) is 0 Å². The third-order valence-corrected chi connectivity index (χ3v) is 3.47. The molecule has 1 aromatic carbocycles. The molecular formula is C12H15BrO4. The summed E-state index contributed by atoms with van der Waals surface area (Å²) in [6, 6.07) is 5.36. The van der Waals surface area contributed by atoms with Crippen molar-refractivity contribution in [1.29, 1.82) is 0 Å². The van der Waals surface area contributed by atoms with Gasteiger partial charge in [-0.15, -0.1) is 0 Å². The Balaban J connectivity index is 2.25. The van der Waals surface area contributed by atoms with Crippen molar-refractivity contribution in [2.45, 2.75) is 18.6 Å². The number of benzene rings is 1. The molecule has 17 heavy (non-hydrogen) atoms. The van der Waals surface area contributed by atoms with Crippen LogP contribution in [-0.2, 0) is 0 Å². The standard InChI is InChI=1S/C12H15BrO4/c1-12(11(14)6-13)7-16-10-5-8(15-2)3-4-9(10)17-12/h3-5,11,14H,6-7H2,1-2H3. The van der Waals surface area contributed by atoms with Gasteiger partial charge in [0.2, 0.25) is 0 Å². The van der Waals surface area contributed by atoms with Gasteiger partial charge in [-0.3, -0.25) is 0 Å². The van der Waals surface area contributed by atoms with E-state index in [0.717, 1.165) is 5.75 Å². The summed E-state index contributed by atoms with van der Waals surface area (Å²) in [4.78, 5) is 0. The molecule has 1 N–H and O–H groups in total. The quantitative estimate of drug-likeness (QED) is 0.868. The Kier molecular flexibility index (Phi) is 3.49. The zero-order valence-electron chi connectivity index (χ0n) is 9.77. The zero-order chi connectivity index (χ0) is 12.5. The number of alkyl halides is 1. The number of ether oxygens (including phenoxy) is 3. The first kappa shape index (κ1) is 12.5. The molecule has 0 amide bonds. The molecule has 2 atom stereocenters. The average Bonchev–Trinajstić information content (AvgIpc) is 2.37. The molecular weight excluding hydrogens is 288 g/mol. The van der Waals surface area contributed by atoms with Crippen LogP contribution in [0.15, 0.2) is 18.2 Å². The largest absolute Gasteiger partial charge is 0.497 e. The smallest absolute Gasteiger partial charge is 0.167 e. The topological polar surface area (TPSA) is 47.9 Å². The van der Waals surface area contributed by atoms with E-state index in [9.17, 15) is 5.11 Å². The number of rotatable bonds is 3. The van der Waals surface area contributed by atoms with Gasteiger partial charge in [0.25, 0.3) is 0 Å². The first-order valence-electron chi connectivity index (χ1n) is 5.33. The van der Waals surface area contributed by atoms with E-state index in [-0.39, 0.29) is 0 Å². The minimum atomic E-state index is -0.731. The van der Waals surface area contributed by atoms with Gasteiger partial charge in [-0.05, 0) is 19.1 Å². The van der Waals surface area contributed by atoms with E-state index in [0.29, 0.717) is 23.4 Å². The van der Waals surface area contributed by atoms with E-state index in [1.807, 2.05) is 6.92 Å². The number of aliphatic hydroxyl groups excluding tert-OH is 1. The Labute approximate surface area is 109 Å². The number of methoxy groups -OCH3 is 1. The zero-order valence-corrected chi connectivity index (χ0v) is 11.4. The summed E-state index contributed by atoms with van der Waals surface area (Å²) in [5.74, 6) is 1.99. The third kappa shape index (κ3) is 2.35. The molecule has 2 unspecified atom stereocenters. The van der Waals surface area contributed by atoms with Gasteiger partial charge in [-0.2, -0.15) is 0 Å². The first-order chi connectivity index (χ1) is 8.09. The van der Waals surface area contributed by atoms with Crippen LogP contribution < -0.4 is 14.2 Å². The van der Waals surface area contributed by atoms with Gasteiger partial charge in [0.1, 0.15) is 18.5 Å². The lowest BCUT2D eigenvalue weighted by Crippen LogP contribution is -2.52. The van der Waals surface area contributed by atoms with Gasteiger partial charge < -0.3 is 19.3 Å². The second-order valence-corrected chi connectivity index (χ2v) is 4.83. The maximum Gasteiger partial charge on any atom is 0.167 e. The van der Waals surface area contributed by atoms with Crippen molar-refractivity contribution in [2.24, 2.45) is 0 Å². The summed E-state index contributed by atoms with van der Waals surface area (Å²) < 4.78 is 16.5. The lowest BCUT2D eigenvalue weighted by molar-refractivity contribution is -0.0737. The monoisotopic (exact) mass is 302 g/mol. The third-order valence-electron chi connectivity index (χ3n) is 2.86. The molecule has 0 saturated carbocycles. The lowest BCUT2D eigenvalue weighted by Gasteiger charge is -2.38. The van der Waals surface area contributed by atoms with Crippen LogP contribution in [0.5, 0.6) is 17.2 Å². The molecule has 2 rings (SSSR count). The van der Waals surface area contributed by atoms with Crippen molar-refractivity contribution in [2.75, 3.05) is 19.0 Å². The number of halogens is 1. The number of aliphatic hydroxyl groups is 1. The highest BCUT2D eigenvalue weighted by Crippen LogP contribution is 2.38. The van der Waals surface area contributed by atoms with Gasteiger partial charge in [0, 0.05) is 11.4 Å². The summed E-state index contributed by atoms with van der Waals surface area (Å²) in [7, 11) is 1.60. The highest BCUT2D eigenvalue weighted by atomic mass is 79.9. The van der Waals surface area contributed by atoms with Crippen LogP contribution in [0.1, 0.15) is 6.92 Å². The molecule has 0 spiro atoms. The Hall–Kier alpha value is -0.940. The molecule has 5 heteroatoms. The molecule has 4 nitrogen and oxygen atoms in total. The number of hydrogen-bond acceptors (Lipinski definition) is 4. The predicted molar refractivity (Wildman–Crippen MR) is 67.3 cm³/mol. The molecule has 94 valence electrons. The van der Waals surface area contributed by atoms with E-state index in [2.05, 4.69) is 15.9 Å². The van der Waals surface area contributed by atoms with Crippen LogP contribution in [0.25, 0.3) is 0 Å². The van der Waals surface area contributed by atoms with Crippen LogP contribution in [0, 0.1) is 0 Å². The molecule has 0 fully saturated rings. The fraction of sp³-hybridized carbons (Fsp3) is 0.500. The molecule has 0 bridgehead atoms. The lowest BCUT2D eigenvalue weighted by atomic mass is 10.0. The summed E-state index contributed by atoms with van der Waals surface area (Å²) in [5.41, 5.74) is -0.731. The Morgan fingerprint density at radius 2 is 2.29 bits per heavy atom. The van der Waals surface area contributed by atoms with Crippen molar-refractivity contribution in [1.82, 2.24) is 0 Å². The van der Waals surface area contributed by atoms with E-state index >= 15 is 0 Å². The Morgan fingerprint density at radius 3 is 2.94 bits per heavy atom. The maximum absolute atomic E-state index is 9.89. The van der Waals surface area contributed by atoms with Gasteiger partial charge in [-0.1, -0.05) is 15.9 Å². The van der Waals surface area contributed by atoms with Crippen molar-refractivity contribution in [3.63, 3.8) is 0 Å². The van der Waals surface area contributed by atoms with E-state index in [4.69, 9.17) is 14.2 Å². The summed E-state index contributed by atoms with van der Waals surface area (Å²) in [5, 5.41) is 10.3. The average molecular weight is 303 g/mol. The summed E-state index contributed by atoms with van der Waals surface area (Å²) >= 11 is 3.24. The van der Waals surface area contributed by atoms with Crippen LogP contribution in [0.3, 0.4) is 0 Å². The fourth-order valence-electron chi connectivity index (χ4n) is 1.64. The second kappa shape index (κ2) is 4.74. The highest BCUT2D eigenvalue weighted by Gasteiger charge is 2.39. The second-order valence-electron chi connectivity index (χ2n) is 4.19. The SMILES string of the molecule is COc1ccc2c(c1)OCC(C)(C(O)CBr)O2. The van der Waals surface area contributed by atoms with Crippen molar-refractivity contribution < 1.29 is 19.3 Å². The number of fused-ring (bicyclic) bond motifs is 1. The minimum Gasteiger partial charge on any atom is -0.497 e. The van der Waals surface area contributed by atoms with Crippen LogP contribution in [-0.4, -0.2) is 35.9 Å². The normalized spacial score (nSPS) is 24.2. The Bertz CT molecular complexity index is 409. The van der Waals surface area contributed by atoms with Crippen LogP contribution in [0.2, 0.25) is 0 Å². The molecule has 1 aliphatic rings. The molecule has 0 aromatic heterocycles. The molecule has 0 saturated heterocycles. The van der Waals surface area contributed by atoms with Gasteiger partial charge in [0.15, 0.2) is 17.1 Å². The van der Waals surface area contributed by atoms with E-state index < -0.39 is 11.7 Å². The highest BCUT2D eigenvalue weighted by molar-refractivity contribution is 9.09. The van der Waals surface area contributed by atoms with Crippen molar-refractivity contribution in [3.05, 3.63) is 18.2 Å². The van der Waals surface area contributed by atoms with Gasteiger partial charge in [0.05, 0.1) is 7.11 Å². The van der Waals surface area contributed by atoms with Crippen molar-refractivity contribution >= 4 is 15.9 Å². The molecule has 1 heterocycles. The molecule has 1 aliphatic heterocycles. The Morgan fingerprint density at radius 1 is 1.53 bits per heavy atom. The first-order valence-corrected chi connectivity index (χ1v) is 6.45. The van der Waals surface area contributed by atoms with Crippen LogP contribution >= 0.6 is 15.9 Å². The van der Waals surface area contributed by atoms with E-state index in [1.165, 1.54) is 0 Å². The number of hydrogen-bond donors (Lipinski definition) is 1. The fourth-order valence-corrected chi connectivity index (χ4v) is 2.33. The molecule has 0 radical (unpaired) electrons. The van der Waals surface area contributed by atoms with Crippen molar-refractivity contribution in [3.8, 4) is 17.2 Å². The summed E-state index contributed by atoms with van der Waals surface area (Å²) in [6.07, 6.45) is -0.627.